The first-order valence-corrected chi connectivity index (χ1v) is 10.6. The predicted molar refractivity (Wildman–Crippen MR) is 109 cm³/mol. The summed E-state index contributed by atoms with van der Waals surface area (Å²) in [4.78, 5) is 21.7. The summed E-state index contributed by atoms with van der Waals surface area (Å²) in [7, 11) is -2.78. The lowest BCUT2D eigenvalue weighted by Gasteiger charge is -2.21. The first kappa shape index (κ1) is 21.5. The fourth-order valence-electron chi connectivity index (χ4n) is 2.94. The van der Waals surface area contributed by atoms with E-state index in [1.807, 2.05) is 6.92 Å². The van der Waals surface area contributed by atoms with Crippen LogP contribution in [0.5, 0.6) is 5.75 Å². The number of hydroxylamine groups is 1. The number of oxazole rings is 1. The van der Waals surface area contributed by atoms with Gasteiger partial charge in [-0.25, -0.2) is 18.2 Å². The van der Waals surface area contributed by atoms with Crippen LogP contribution in [0.4, 0.5) is 0 Å². The number of nitrogens with zero attached hydrogens (tertiary/aromatic N) is 2. The molecule has 1 aromatic heterocycles. The van der Waals surface area contributed by atoms with E-state index >= 15 is 0 Å². The van der Waals surface area contributed by atoms with Gasteiger partial charge >= 0.3 is 5.97 Å². The molecule has 2 aromatic carbocycles. The van der Waals surface area contributed by atoms with Gasteiger partial charge in [-0.1, -0.05) is 6.07 Å². The third-order valence-electron chi connectivity index (χ3n) is 4.55. The van der Waals surface area contributed by atoms with Gasteiger partial charge < -0.3 is 14.0 Å². The molecule has 8 nitrogen and oxygen atoms in total. The van der Waals surface area contributed by atoms with Crippen LogP contribution < -0.4 is 4.84 Å². The molecule has 0 spiro atoms. The highest BCUT2D eigenvalue weighted by Gasteiger charge is 2.27. The van der Waals surface area contributed by atoms with Crippen molar-refractivity contribution in [1.82, 2.24) is 9.45 Å². The quantitative estimate of drug-likeness (QED) is 0.416. The molecule has 0 aliphatic rings. The van der Waals surface area contributed by atoms with E-state index in [1.165, 1.54) is 31.9 Å². The third-order valence-corrected chi connectivity index (χ3v) is 6.27. The molecule has 0 fully saturated rings. The Labute approximate surface area is 175 Å². The molecule has 0 atom stereocenters. The van der Waals surface area contributed by atoms with E-state index in [0.29, 0.717) is 17.0 Å². The van der Waals surface area contributed by atoms with Gasteiger partial charge in [-0.15, -0.1) is 0 Å². The van der Waals surface area contributed by atoms with Gasteiger partial charge in [0, 0.05) is 12.1 Å². The van der Waals surface area contributed by atoms with Crippen LogP contribution in [0.15, 0.2) is 58.4 Å². The molecule has 0 saturated carbocycles. The second-order valence-electron chi connectivity index (χ2n) is 6.53. The van der Waals surface area contributed by atoms with E-state index in [-0.39, 0.29) is 17.0 Å². The Bertz CT molecular complexity index is 1160. The van der Waals surface area contributed by atoms with Crippen LogP contribution in [0.2, 0.25) is 0 Å². The van der Waals surface area contributed by atoms with E-state index in [1.54, 1.807) is 38.1 Å². The average molecular weight is 430 g/mol. The van der Waals surface area contributed by atoms with Gasteiger partial charge in [0.15, 0.2) is 6.39 Å². The zero-order valence-corrected chi connectivity index (χ0v) is 17.9. The molecular weight excluding hydrogens is 408 g/mol. The van der Waals surface area contributed by atoms with E-state index in [4.69, 9.17) is 14.0 Å². The molecule has 0 unspecified atom stereocenters. The summed E-state index contributed by atoms with van der Waals surface area (Å²) in [5, 5.41) is 0. The molecule has 0 saturated heterocycles. The number of rotatable bonds is 7. The van der Waals surface area contributed by atoms with Crippen LogP contribution in [0.25, 0.3) is 11.3 Å². The second-order valence-corrected chi connectivity index (χ2v) is 8.36. The van der Waals surface area contributed by atoms with E-state index in [0.717, 1.165) is 15.6 Å². The number of sulfonamides is 1. The number of hydrogen-bond donors (Lipinski definition) is 0. The molecule has 0 N–H and O–H groups in total. The van der Waals surface area contributed by atoms with Crippen molar-refractivity contribution < 1.29 is 27.2 Å². The lowest BCUT2D eigenvalue weighted by Crippen LogP contribution is -2.34. The Hall–Kier alpha value is -3.17. The number of esters is 1. The maximum absolute atomic E-state index is 13.1. The minimum absolute atomic E-state index is 0.0633. The third kappa shape index (κ3) is 4.22. The summed E-state index contributed by atoms with van der Waals surface area (Å²) in [6, 6.07) is 9.44. The highest BCUT2D eigenvalue weighted by molar-refractivity contribution is 7.89. The number of aromatic nitrogens is 1. The summed E-state index contributed by atoms with van der Waals surface area (Å²) >= 11 is 0. The molecular formula is C21H22N2O6S. The number of carbonyl (C=O) groups is 1. The van der Waals surface area contributed by atoms with Crippen molar-refractivity contribution in [3.05, 3.63) is 65.7 Å². The molecule has 3 aromatic rings. The van der Waals surface area contributed by atoms with Crippen molar-refractivity contribution in [1.29, 1.82) is 0 Å². The molecule has 0 bridgehead atoms. The molecule has 0 aliphatic heterocycles. The highest BCUT2D eigenvalue weighted by atomic mass is 32.2. The zero-order valence-electron chi connectivity index (χ0n) is 17.1. The Morgan fingerprint density at radius 2 is 1.90 bits per heavy atom. The maximum atomic E-state index is 13.1. The number of methoxy groups -OCH3 is 1. The van der Waals surface area contributed by atoms with Crippen molar-refractivity contribution >= 4 is 16.0 Å². The first-order valence-electron chi connectivity index (χ1n) is 9.16. The van der Waals surface area contributed by atoms with Gasteiger partial charge in [0.1, 0.15) is 17.7 Å². The van der Waals surface area contributed by atoms with Crippen molar-refractivity contribution in [2.75, 3.05) is 13.7 Å². The number of hydrogen-bond acceptors (Lipinski definition) is 7. The highest BCUT2D eigenvalue weighted by Crippen LogP contribution is 2.27. The zero-order chi connectivity index (χ0) is 21.9. The minimum Gasteiger partial charge on any atom is -0.465 e. The number of benzene rings is 2. The summed E-state index contributed by atoms with van der Waals surface area (Å²) in [5.41, 5.74) is 3.17. The van der Waals surface area contributed by atoms with Crippen molar-refractivity contribution in [2.45, 2.75) is 25.7 Å². The van der Waals surface area contributed by atoms with Crippen LogP contribution in [0.1, 0.15) is 28.4 Å². The average Bonchev–Trinajstić information content (AvgIpc) is 3.26. The van der Waals surface area contributed by atoms with Gasteiger partial charge in [-0.2, -0.15) is 0 Å². The lowest BCUT2D eigenvalue weighted by atomic mass is 10.1. The summed E-state index contributed by atoms with van der Waals surface area (Å²) in [5.74, 6) is -0.252. The molecule has 1 heterocycles. The lowest BCUT2D eigenvalue weighted by molar-refractivity contribution is 0.0415. The van der Waals surface area contributed by atoms with E-state index in [2.05, 4.69) is 4.98 Å². The molecule has 0 radical (unpaired) electrons. The Balaban J connectivity index is 1.90. The van der Waals surface area contributed by atoms with Crippen molar-refractivity contribution in [2.24, 2.45) is 0 Å². The maximum Gasteiger partial charge on any atom is 0.338 e. The standard InChI is InChI=1S/C21H22N2O6S/c1-5-23(29-16-7-9-18(15(3)10-16)20-12-28-13-22-20)30(25,26)17-8-6-14(2)19(11-17)21(24)27-4/h6-13H,5H2,1-4H3. The molecule has 3 rings (SSSR count). The van der Waals surface area contributed by atoms with Gasteiger partial charge in [0.05, 0.1) is 17.6 Å². The van der Waals surface area contributed by atoms with Gasteiger partial charge in [-0.05, 0) is 66.7 Å². The molecule has 158 valence electrons. The van der Waals surface area contributed by atoms with Crippen LogP contribution in [0.3, 0.4) is 0 Å². The van der Waals surface area contributed by atoms with Crippen LogP contribution in [-0.2, 0) is 14.8 Å². The SMILES string of the molecule is CCN(Oc1ccc(-c2cocn2)c(C)c1)S(=O)(=O)c1ccc(C)c(C(=O)OC)c1. The van der Waals surface area contributed by atoms with Crippen LogP contribution >= 0.6 is 0 Å². The van der Waals surface area contributed by atoms with E-state index in [9.17, 15) is 13.2 Å². The van der Waals surface area contributed by atoms with Gasteiger partial charge in [-0.3, -0.25) is 0 Å². The molecule has 0 aliphatic carbocycles. The summed E-state index contributed by atoms with van der Waals surface area (Å²) in [6.45, 7) is 5.29. The summed E-state index contributed by atoms with van der Waals surface area (Å²) in [6.07, 6.45) is 2.87. The Kier molecular flexibility index (Phi) is 6.23. The fraction of sp³-hybridized carbons (Fsp3) is 0.238. The molecule has 0 amide bonds. The molecule has 9 heteroatoms. The van der Waals surface area contributed by atoms with Gasteiger partial charge in [0.25, 0.3) is 10.0 Å². The predicted octanol–water partition coefficient (Wildman–Crippen LogP) is 3.75. The monoisotopic (exact) mass is 430 g/mol. The normalized spacial score (nSPS) is 11.5. The number of aryl methyl sites for hydroxylation is 2. The van der Waals surface area contributed by atoms with Crippen LogP contribution in [-0.4, -0.2) is 37.5 Å². The van der Waals surface area contributed by atoms with Crippen LogP contribution in [0, 0.1) is 13.8 Å². The second kappa shape index (κ2) is 8.68. The van der Waals surface area contributed by atoms with Crippen molar-refractivity contribution in [3.63, 3.8) is 0 Å². The molecule has 30 heavy (non-hydrogen) atoms. The smallest absolute Gasteiger partial charge is 0.338 e. The fourth-order valence-corrected chi connectivity index (χ4v) is 4.20. The Morgan fingerprint density at radius 3 is 2.50 bits per heavy atom. The van der Waals surface area contributed by atoms with E-state index < -0.39 is 16.0 Å². The number of ether oxygens (including phenoxy) is 1. The van der Waals surface area contributed by atoms with Gasteiger partial charge in [0.2, 0.25) is 0 Å². The minimum atomic E-state index is -4.02. The van der Waals surface area contributed by atoms with Crippen molar-refractivity contribution in [3.8, 4) is 17.0 Å². The number of carbonyl (C=O) groups excluding carboxylic acids is 1. The summed E-state index contributed by atoms with van der Waals surface area (Å²) < 4.78 is 36.8. The Morgan fingerprint density at radius 1 is 1.13 bits per heavy atom. The largest absolute Gasteiger partial charge is 0.465 e. The first-order chi connectivity index (χ1) is 14.3. The topological polar surface area (TPSA) is 98.9 Å².